The van der Waals surface area contributed by atoms with Gasteiger partial charge in [-0.3, -0.25) is 4.98 Å². The molecule has 6 N–H and O–H groups in total. The van der Waals surface area contributed by atoms with Gasteiger partial charge in [-0.1, -0.05) is 6.07 Å². The number of aromatic amines is 1. The van der Waals surface area contributed by atoms with E-state index in [1.54, 1.807) is 48.7 Å². The van der Waals surface area contributed by atoms with Crippen molar-refractivity contribution in [2.45, 2.75) is 6.54 Å². The molecule has 0 radical (unpaired) electrons. The molecule has 0 aliphatic rings. The lowest BCUT2D eigenvalue weighted by Gasteiger charge is -2.11. The largest absolute Gasteiger partial charge is 0.478 e. The van der Waals surface area contributed by atoms with E-state index in [-0.39, 0.29) is 17.8 Å². The number of aromatic carboxylic acids is 1. The highest BCUT2D eigenvalue weighted by atomic mass is 19.1. The molecule has 4 aromatic rings. The van der Waals surface area contributed by atoms with Crippen molar-refractivity contribution in [3.63, 3.8) is 0 Å². The Balaban J connectivity index is 1.39. The predicted molar refractivity (Wildman–Crippen MR) is 124 cm³/mol. The number of H-pyrrole nitrogens is 1. The number of hydrogen-bond acceptors (Lipinski definition) is 5. The van der Waals surface area contributed by atoms with Gasteiger partial charge in [-0.15, -0.1) is 0 Å². The maximum atomic E-state index is 13.9. The molecule has 2 aromatic heterocycles. The molecule has 0 aliphatic heterocycles. The second-order valence-corrected chi connectivity index (χ2v) is 7.21. The van der Waals surface area contributed by atoms with Crippen molar-refractivity contribution in [3.8, 4) is 22.9 Å². The third-order valence-electron chi connectivity index (χ3n) is 4.80. The number of carboxylic acid groups (broad SMARTS) is 1. The molecule has 9 nitrogen and oxygen atoms in total. The summed E-state index contributed by atoms with van der Waals surface area (Å²) in [5.74, 6) is -0.606. The van der Waals surface area contributed by atoms with Gasteiger partial charge >= 0.3 is 12.0 Å². The van der Waals surface area contributed by atoms with Gasteiger partial charge in [0.15, 0.2) is 0 Å². The monoisotopic (exact) mass is 461 g/mol. The summed E-state index contributed by atoms with van der Waals surface area (Å²) in [5.41, 5.74) is 7.95. The van der Waals surface area contributed by atoms with Crippen LogP contribution in [0.15, 0.2) is 73.1 Å². The topological polar surface area (TPSA) is 142 Å². The van der Waals surface area contributed by atoms with Crippen LogP contribution in [0, 0.1) is 5.82 Å². The second-order valence-electron chi connectivity index (χ2n) is 7.21. The highest BCUT2D eigenvalue weighted by Crippen LogP contribution is 2.26. The van der Waals surface area contributed by atoms with Crippen LogP contribution in [0.3, 0.4) is 0 Å². The Labute approximate surface area is 193 Å². The minimum atomic E-state index is -1.04. The van der Waals surface area contributed by atoms with E-state index in [0.29, 0.717) is 34.1 Å². The Kier molecular flexibility index (Phi) is 6.51. The molecule has 0 aliphatic carbocycles. The number of nitrogens with one attached hydrogen (secondary N) is 3. The van der Waals surface area contributed by atoms with Gasteiger partial charge in [0.25, 0.3) is 0 Å². The summed E-state index contributed by atoms with van der Waals surface area (Å²) >= 11 is 0. The van der Waals surface area contributed by atoms with Crippen molar-refractivity contribution in [1.29, 1.82) is 0 Å². The van der Waals surface area contributed by atoms with Gasteiger partial charge in [-0.05, 0) is 54.1 Å². The first-order chi connectivity index (χ1) is 16.4. The van der Waals surface area contributed by atoms with Gasteiger partial charge in [-0.2, -0.15) is 0 Å². The first-order valence-electron chi connectivity index (χ1n) is 10.1. The lowest BCUT2D eigenvalue weighted by atomic mass is 10.2. The molecule has 0 saturated carbocycles. The minimum Gasteiger partial charge on any atom is -0.478 e. The number of amides is 2. The van der Waals surface area contributed by atoms with E-state index < -0.39 is 17.8 Å². The number of anilines is 2. The molecule has 0 bridgehead atoms. The van der Waals surface area contributed by atoms with Crippen molar-refractivity contribution in [2.75, 3.05) is 10.6 Å². The number of benzene rings is 2. The van der Waals surface area contributed by atoms with E-state index in [1.165, 1.54) is 24.4 Å². The molecular weight excluding hydrogens is 441 g/mol. The predicted octanol–water partition coefficient (Wildman–Crippen LogP) is 4.81. The summed E-state index contributed by atoms with van der Waals surface area (Å²) in [5, 5.41) is 14.1. The molecule has 0 saturated heterocycles. The van der Waals surface area contributed by atoms with Gasteiger partial charge in [-0.25, -0.2) is 14.0 Å². The number of halogens is 1. The lowest BCUT2D eigenvalue weighted by molar-refractivity contribution is 0.0697. The molecular formula is C24H20FN5O4. The van der Waals surface area contributed by atoms with E-state index in [1.807, 2.05) is 0 Å². The maximum absolute atomic E-state index is 13.9. The van der Waals surface area contributed by atoms with Crippen molar-refractivity contribution in [1.82, 2.24) is 9.97 Å². The number of carbonyl (C=O) groups excluding carboxylic acids is 1. The number of hydrogen-bond donors (Lipinski definition) is 5. The zero-order valence-electron chi connectivity index (χ0n) is 17.7. The van der Waals surface area contributed by atoms with Crippen LogP contribution in [-0.4, -0.2) is 27.1 Å². The minimum absolute atomic E-state index is 0.0337. The molecule has 10 heteroatoms. The Morgan fingerprint density at radius 2 is 1.82 bits per heavy atom. The average Bonchev–Trinajstić information content (AvgIpc) is 3.33. The quantitative estimate of drug-likeness (QED) is 0.267. The van der Waals surface area contributed by atoms with Gasteiger partial charge in [0.1, 0.15) is 17.3 Å². The number of nitrogens with zero attached hydrogens (tertiary/aromatic N) is 1. The number of pyridine rings is 1. The Bertz CT molecular complexity index is 1340. The second kappa shape index (κ2) is 9.84. The van der Waals surface area contributed by atoms with Crippen molar-refractivity contribution >= 4 is 23.4 Å². The molecule has 0 atom stereocenters. The number of urea groups is 1. The van der Waals surface area contributed by atoms with E-state index in [9.17, 15) is 14.0 Å². The number of rotatable bonds is 7. The summed E-state index contributed by atoms with van der Waals surface area (Å²) in [4.78, 5) is 30.4. The Morgan fingerprint density at radius 1 is 1.03 bits per heavy atom. The maximum Gasteiger partial charge on any atom is 0.337 e. The third kappa shape index (κ3) is 5.37. The first-order valence-corrected chi connectivity index (χ1v) is 10.1. The normalized spacial score (nSPS) is 10.5. The molecule has 34 heavy (non-hydrogen) atoms. The highest BCUT2D eigenvalue weighted by molar-refractivity contribution is 5.99. The van der Waals surface area contributed by atoms with Gasteiger partial charge in [0, 0.05) is 30.7 Å². The average molecular weight is 461 g/mol. The molecule has 0 spiro atoms. The summed E-state index contributed by atoms with van der Waals surface area (Å²) in [6.07, 6.45) is 2.93. The van der Waals surface area contributed by atoms with Crippen LogP contribution < -0.4 is 21.1 Å². The molecule has 0 unspecified atom stereocenters. The standard InChI is InChI=1S/C24H20FN5O4/c25-19-6-1-14(12-26)9-20(19)30-24(33)29-16-2-4-17(5-3-16)34-18-7-8-27-22(11-18)21-10-15(13-28-21)23(31)32/h1-11,13,28H,12,26H2,(H,31,32)(H2,29,30,33). The van der Waals surface area contributed by atoms with Crippen LogP contribution in [0.1, 0.15) is 15.9 Å². The fourth-order valence-electron chi connectivity index (χ4n) is 3.11. The number of carbonyl (C=O) groups is 2. The van der Waals surface area contributed by atoms with Crippen LogP contribution in [0.2, 0.25) is 0 Å². The fourth-order valence-corrected chi connectivity index (χ4v) is 3.11. The third-order valence-corrected chi connectivity index (χ3v) is 4.80. The molecule has 4 rings (SSSR count). The van der Waals surface area contributed by atoms with Crippen LogP contribution in [-0.2, 0) is 6.54 Å². The smallest absolute Gasteiger partial charge is 0.337 e. The molecule has 2 amide bonds. The van der Waals surface area contributed by atoms with Gasteiger partial charge < -0.3 is 31.2 Å². The van der Waals surface area contributed by atoms with Crippen LogP contribution >= 0.6 is 0 Å². The first kappa shape index (κ1) is 22.5. The van der Waals surface area contributed by atoms with Crippen molar-refractivity contribution in [3.05, 3.63) is 90.0 Å². The fraction of sp³-hybridized carbons (Fsp3) is 0.0417. The van der Waals surface area contributed by atoms with Crippen LogP contribution in [0.25, 0.3) is 11.4 Å². The highest BCUT2D eigenvalue weighted by Gasteiger charge is 2.11. The molecule has 2 heterocycles. The van der Waals surface area contributed by atoms with Crippen LogP contribution in [0.4, 0.5) is 20.6 Å². The van der Waals surface area contributed by atoms with E-state index in [4.69, 9.17) is 15.6 Å². The van der Waals surface area contributed by atoms with E-state index in [0.717, 1.165) is 0 Å². The summed E-state index contributed by atoms with van der Waals surface area (Å²) in [6.45, 7) is 0.228. The lowest BCUT2D eigenvalue weighted by Crippen LogP contribution is -2.20. The van der Waals surface area contributed by atoms with E-state index >= 15 is 0 Å². The molecule has 172 valence electrons. The zero-order chi connectivity index (χ0) is 24.1. The number of nitrogens with two attached hydrogens (primary N) is 1. The summed E-state index contributed by atoms with van der Waals surface area (Å²) < 4.78 is 19.7. The van der Waals surface area contributed by atoms with Gasteiger partial charge in [0.2, 0.25) is 0 Å². The Hall–Kier alpha value is -4.70. The molecule has 0 fully saturated rings. The zero-order valence-corrected chi connectivity index (χ0v) is 17.7. The Morgan fingerprint density at radius 3 is 2.53 bits per heavy atom. The number of carboxylic acids is 1. The van der Waals surface area contributed by atoms with Gasteiger partial charge in [0.05, 0.1) is 22.6 Å². The van der Waals surface area contributed by atoms with E-state index in [2.05, 4.69) is 20.6 Å². The van der Waals surface area contributed by atoms with Crippen molar-refractivity contribution < 1.29 is 23.8 Å². The van der Waals surface area contributed by atoms with Crippen LogP contribution in [0.5, 0.6) is 11.5 Å². The van der Waals surface area contributed by atoms with Crippen molar-refractivity contribution in [2.24, 2.45) is 5.73 Å². The SMILES string of the molecule is NCc1ccc(F)c(NC(=O)Nc2ccc(Oc3ccnc(-c4cc(C(=O)O)c[nH]4)c3)cc2)c1. The number of aromatic nitrogens is 2. The number of ether oxygens (including phenoxy) is 1. The summed E-state index contributed by atoms with van der Waals surface area (Å²) in [7, 11) is 0. The molecule has 2 aromatic carbocycles. The summed E-state index contributed by atoms with van der Waals surface area (Å²) in [6, 6.07) is 15.1.